The molecular weight excluding hydrogens is 220 g/mol. The Hall–Kier alpha value is -1.71. The zero-order valence-electron chi connectivity index (χ0n) is 10.6. The number of carbonyl (C=O) groups is 1. The molecule has 0 unspecified atom stereocenters. The topological polar surface area (TPSA) is 55.8 Å². The summed E-state index contributed by atoms with van der Waals surface area (Å²) >= 11 is 0. The van der Waals surface area contributed by atoms with E-state index in [0.29, 0.717) is 12.4 Å². The van der Waals surface area contributed by atoms with Crippen LogP contribution in [0, 0.1) is 0 Å². The molecule has 0 spiro atoms. The molecule has 0 bridgehead atoms. The standard InChI is InChI=1S/C11H14O4.C2H6/c1-2-14-9-4-3-5-10(8-9)15-7-6-11(12)13;1-2/h3-5,8H,2,6-7H2,1H3,(H,12,13);1-2H3. The minimum atomic E-state index is -0.865. The number of carboxylic acids is 1. The van der Waals surface area contributed by atoms with E-state index in [4.69, 9.17) is 14.6 Å². The van der Waals surface area contributed by atoms with E-state index in [1.54, 1.807) is 18.2 Å². The van der Waals surface area contributed by atoms with Crippen LogP contribution in [-0.4, -0.2) is 24.3 Å². The summed E-state index contributed by atoms with van der Waals surface area (Å²) in [4.78, 5) is 10.3. The van der Waals surface area contributed by atoms with E-state index >= 15 is 0 Å². The maximum absolute atomic E-state index is 10.3. The molecule has 1 aromatic rings. The Morgan fingerprint density at radius 1 is 1.24 bits per heavy atom. The van der Waals surface area contributed by atoms with Crippen LogP contribution >= 0.6 is 0 Å². The minimum Gasteiger partial charge on any atom is -0.494 e. The zero-order valence-corrected chi connectivity index (χ0v) is 10.6. The molecule has 17 heavy (non-hydrogen) atoms. The molecule has 1 rings (SSSR count). The summed E-state index contributed by atoms with van der Waals surface area (Å²) in [5.41, 5.74) is 0. The second-order valence-electron chi connectivity index (χ2n) is 2.90. The molecule has 96 valence electrons. The van der Waals surface area contributed by atoms with Gasteiger partial charge in [0.2, 0.25) is 0 Å². The Morgan fingerprint density at radius 3 is 2.35 bits per heavy atom. The van der Waals surface area contributed by atoms with Gasteiger partial charge in [0.1, 0.15) is 11.5 Å². The van der Waals surface area contributed by atoms with E-state index in [-0.39, 0.29) is 13.0 Å². The second-order valence-corrected chi connectivity index (χ2v) is 2.90. The first-order chi connectivity index (χ1) is 8.22. The average molecular weight is 240 g/mol. The van der Waals surface area contributed by atoms with Gasteiger partial charge < -0.3 is 14.6 Å². The van der Waals surface area contributed by atoms with Gasteiger partial charge in [0.25, 0.3) is 0 Å². The van der Waals surface area contributed by atoms with Gasteiger partial charge in [0.05, 0.1) is 19.6 Å². The Kier molecular flexibility index (Phi) is 8.55. The highest BCUT2D eigenvalue weighted by molar-refractivity contribution is 5.66. The summed E-state index contributed by atoms with van der Waals surface area (Å²) in [6.45, 7) is 6.67. The van der Waals surface area contributed by atoms with Crippen LogP contribution < -0.4 is 9.47 Å². The van der Waals surface area contributed by atoms with Gasteiger partial charge in [-0.15, -0.1) is 0 Å². The highest BCUT2D eigenvalue weighted by Crippen LogP contribution is 2.19. The molecule has 4 heteroatoms. The first kappa shape index (κ1) is 15.3. The molecular formula is C13H20O4. The van der Waals surface area contributed by atoms with Crippen LogP contribution in [-0.2, 0) is 4.79 Å². The van der Waals surface area contributed by atoms with E-state index in [9.17, 15) is 4.79 Å². The molecule has 0 aliphatic heterocycles. The maximum Gasteiger partial charge on any atom is 0.306 e. The van der Waals surface area contributed by atoms with Crippen LogP contribution in [0.25, 0.3) is 0 Å². The molecule has 1 aromatic carbocycles. The van der Waals surface area contributed by atoms with Crippen molar-refractivity contribution in [1.29, 1.82) is 0 Å². The highest BCUT2D eigenvalue weighted by Gasteiger charge is 1.99. The molecule has 0 saturated heterocycles. The quantitative estimate of drug-likeness (QED) is 0.830. The molecule has 4 nitrogen and oxygen atoms in total. The number of hydrogen-bond donors (Lipinski definition) is 1. The van der Waals surface area contributed by atoms with Crippen molar-refractivity contribution in [2.45, 2.75) is 27.2 Å². The van der Waals surface area contributed by atoms with Gasteiger partial charge in [0.15, 0.2) is 0 Å². The van der Waals surface area contributed by atoms with Crippen molar-refractivity contribution in [3.05, 3.63) is 24.3 Å². The van der Waals surface area contributed by atoms with Crippen LogP contribution in [0.2, 0.25) is 0 Å². The fourth-order valence-electron chi connectivity index (χ4n) is 1.08. The first-order valence-electron chi connectivity index (χ1n) is 5.80. The van der Waals surface area contributed by atoms with Gasteiger partial charge in [0, 0.05) is 6.07 Å². The molecule has 0 atom stereocenters. The number of aliphatic carboxylic acids is 1. The lowest BCUT2D eigenvalue weighted by molar-refractivity contribution is -0.137. The minimum absolute atomic E-state index is 0.00113. The third kappa shape index (κ3) is 7.22. The normalized spacial score (nSPS) is 8.88. The van der Waals surface area contributed by atoms with Crippen molar-refractivity contribution in [2.24, 2.45) is 0 Å². The molecule has 0 aromatic heterocycles. The first-order valence-corrected chi connectivity index (χ1v) is 5.80. The van der Waals surface area contributed by atoms with E-state index < -0.39 is 5.97 Å². The van der Waals surface area contributed by atoms with Crippen molar-refractivity contribution in [1.82, 2.24) is 0 Å². The second kappa shape index (κ2) is 9.51. The Labute approximate surface area is 102 Å². The average Bonchev–Trinajstić information content (AvgIpc) is 2.32. The summed E-state index contributed by atoms with van der Waals surface area (Å²) in [7, 11) is 0. The third-order valence-electron chi connectivity index (χ3n) is 1.70. The molecule has 1 N–H and O–H groups in total. The lowest BCUT2D eigenvalue weighted by Gasteiger charge is -2.07. The number of carboxylic acid groups (broad SMARTS) is 1. The summed E-state index contributed by atoms with van der Waals surface area (Å²) in [6, 6.07) is 7.14. The number of rotatable bonds is 6. The monoisotopic (exact) mass is 240 g/mol. The van der Waals surface area contributed by atoms with Crippen LogP contribution in [0.1, 0.15) is 27.2 Å². The predicted molar refractivity (Wildman–Crippen MR) is 66.7 cm³/mol. The Morgan fingerprint density at radius 2 is 1.82 bits per heavy atom. The SMILES string of the molecule is CC.CCOc1cccc(OCCC(=O)O)c1. The molecule has 0 radical (unpaired) electrons. The largest absolute Gasteiger partial charge is 0.494 e. The summed E-state index contributed by atoms with van der Waals surface area (Å²) in [5, 5.41) is 8.43. The maximum atomic E-state index is 10.3. The van der Waals surface area contributed by atoms with Crippen LogP contribution in [0.15, 0.2) is 24.3 Å². The number of hydrogen-bond acceptors (Lipinski definition) is 3. The van der Waals surface area contributed by atoms with E-state index in [1.165, 1.54) is 0 Å². The van der Waals surface area contributed by atoms with Crippen molar-refractivity contribution < 1.29 is 19.4 Å². The van der Waals surface area contributed by atoms with Gasteiger partial charge in [-0.3, -0.25) is 4.79 Å². The fourth-order valence-corrected chi connectivity index (χ4v) is 1.08. The summed E-state index contributed by atoms with van der Waals surface area (Å²) < 4.78 is 10.5. The Balaban J connectivity index is 0.00000121. The van der Waals surface area contributed by atoms with Gasteiger partial charge in [-0.05, 0) is 19.1 Å². The van der Waals surface area contributed by atoms with Crippen molar-refractivity contribution in [2.75, 3.05) is 13.2 Å². The third-order valence-corrected chi connectivity index (χ3v) is 1.70. The van der Waals surface area contributed by atoms with Gasteiger partial charge in [-0.25, -0.2) is 0 Å². The van der Waals surface area contributed by atoms with Crippen LogP contribution in [0.3, 0.4) is 0 Å². The fraction of sp³-hybridized carbons (Fsp3) is 0.462. The lowest BCUT2D eigenvalue weighted by atomic mass is 10.3. The van der Waals surface area contributed by atoms with Crippen molar-refractivity contribution >= 4 is 5.97 Å². The van der Waals surface area contributed by atoms with Crippen LogP contribution in [0.5, 0.6) is 11.5 Å². The Bertz CT molecular complexity index is 323. The highest BCUT2D eigenvalue weighted by atomic mass is 16.5. The smallest absolute Gasteiger partial charge is 0.306 e. The number of benzene rings is 1. The van der Waals surface area contributed by atoms with Gasteiger partial charge in [-0.2, -0.15) is 0 Å². The molecule has 0 saturated carbocycles. The summed E-state index contributed by atoms with van der Waals surface area (Å²) in [5.74, 6) is 0.489. The molecule has 0 aliphatic rings. The predicted octanol–water partition coefficient (Wildman–Crippen LogP) is 2.97. The summed E-state index contributed by atoms with van der Waals surface area (Å²) in [6.07, 6.45) is -0.00113. The van der Waals surface area contributed by atoms with E-state index in [1.807, 2.05) is 26.8 Å². The van der Waals surface area contributed by atoms with Crippen LogP contribution in [0.4, 0.5) is 0 Å². The zero-order chi connectivity index (χ0) is 13.1. The number of ether oxygens (including phenoxy) is 2. The molecule has 0 amide bonds. The van der Waals surface area contributed by atoms with Crippen molar-refractivity contribution in [3.8, 4) is 11.5 Å². The van der Waals surface area contributed by atoms with E-state index in [0.717, 1.165) is 5.75 Å². The molecule has 0 aliphatic carbocycles. The van der Waals surface area contributed by atoms with E-state index in [2.05, 4.69) is 0 Å². The van der Waals surface area contributed by atoms with Gasteiger partial charge >= 0.3 is 5.97 Å². The van der Waals surface area contributed by atoms with Crippen molar-refractivity contribution in [3.63, 3.8) is 0 Å². The molecule has 0 fully saturated rings. The lowest BCUT2D eigenvalue weighted by Crippen LogP contribution is -2.04. The molecule has 0 heterocycles. The van der Waals surface area contributed by atoms with Gasteiger partial charge in [-0.1, -0.05) is 19.9 Å².